The first-order valence-corrected chi connectivity index (χ1v) is 22.2. The van der Waals surface area contributed by atoms with Gasteiger partial charge in [-0.15, -0.1) is 0 Å². The van der Waals surface area contributed by atoms with Crippen molar-refractivity contribution in [3.05, 3.63) is 65.2 Å². The molecule has 3 aromatic heterocycles. The summed E-state index contributed by atoms with van der Waals surface area (Å²) in [6.07, 6.45) is 10.7. The molecule has 8 heterocycles. The predicted octanol–water partition coefficient (Wildman–Crippen LogP) is 4.58. The zero-order valence-electron chi connectivity index (χ0n) is 34.7. The van der Waals surface area contributed by atoms with Crippen LogP contribution >= 0.6 is 0 Å². The third-order valence-electron chi connectivity index (χ3n) is 14.8. The number of hydrogen-bond acceptors (Lipinski definition) is 12. The van der Waals surface area contributed by atoms with Crippen LogP contribution in [-0.2, 0) is 14.3 Å². The largest absolute Gasteiger partial charge is 0.382 e. The van der Waals surface area contributed by atoms with Crippen LogP contribution < -0.4 is 20.9 Å². The van der Waals surface area contributed by atoms with Crippen LogP contribution in [0.2, 0.25) is 0 Å². The summed E-state index contributed by atoms with van der Waals surface area (Å²) in [6, 6.07) is 6.39. The number of alkyl halides is 2. The molecular weight excluding hydrogens is 817 g/mol. The van der Waals surface area contributed by atoms with Crippen molar-refractivity contribution < 1.29 is 37.5 Å². The van der Waals surface area contributed by atoms with Gasteiger partial charge >= 0.3 is 0 Å². The number of anilines is 3. The molecule has 3 N–H and O–H groups in total. The number of nitrogens with zero attached hydrogens (tertiary/aromatic N) is 8. The maximum Gasteiger partial charge on any atom is 0.284 e. The van der Waals surface area contributed by atoms with E-state index >= 15 is 0 Å². The molecule has 4 saturated heterocycles. The topological polar surface area (TPSA) is 188 Å². The van der Waals surface area contributed by atoms with E-state index in [9.17, 15) is 32.8 Å². The maximum atomic E-state index is 14.3. The number of carbonyl (C=O) groups is 5. The number of likely N-dealkylation sites (tertiary alicyclic amines) is 1. The lowest BCUT2D eigenvalue weighted by Gasteiger charge is -2.53. The summed E-state index contributed by atoms with van der Waals surface area (Å²) in [5, 5.41) is 17.1. The number of amides is 5. The molecule has 0 radical (unpaired) electrons. The van der Waals surface area contributed by atoms with Gasteiger partial charge in [0.1, 0.15) is 17.4 Å². The number of piperidine rings is 2. The first-order valence-electron chi connectivity index (χ1n) is 22.2. The van der Waals surface area contributed by atoms with E-state index in [2.05, 4.69) is 35.9 Å². The van der Waals surface area contributed by atoms with Crippen LogP contribution in [-0.4, -0.2) is 121 Å². The first kappa shape index (κ1) is 40.0. The minimum absolute atomic E-state index is 0.00926. The highest BCUT2D eigenvalue weighted by Crippen LogP contribution is 2.51. The van der Waals surface area contributed by atoms with Crippen molar-refractivity contribution in [3.8, 4) is 0 Å². The molecule has 1 aromatic carbocycles. The van der Waals surface area contributed by atoms with Gasteiger partial charge in [-0.05, 0) is 107 Å². The van der Waals surface area contributed by atoms with Crippen molar-refractivity contribution in [1.29, 1.82) is 0 Å². The fourth-order valence-electron chi connectivity index (χ4n) is 11.4. The number of hydrogen-bond donors (Lipinski definition) is 3. The van der Waals surface area contributed by atoms with E-state index < -0.39 is 47.7 Å². The lowest BCUT2D eigenvalue weighted by Crippen LogP contribution is -2.54. The molecule has 4 aromatic rings. The first-order chi connectivity index (χ1) is 30.5. The number of rotatable bonds is 10. The molecule has 1 spiro atoms. The monoisotopic (exact) mass is 865 g/mol. The minimum Gasteiger partial charge on any atom is -0.382 e. The molecule has 2 bridgehead atoms. The number of carbonyl (C=O) groups excluding carboxylic acids is 5. The number of benzene rings is 1. The Morgan fingerprint density at radius 2 is 1.79 bits per heavy atom. The summed E-state index contributed by atoms with van der Waals surface area (Å²) < 4.78 is 37.5. The molecule has 5 aliphatic heterocycles. The van der Waals surface area contributed by atoms with Crippen molar-refractivity contribution in [3.63, 3.8) is 0 Å². The number of aromatic nitrogens is 5. The van der Waals surface area contributed by atoms with Gasteiger partial charge in [-0.25, -0.2) is 18.3 Å². The Morgan fingerprint density at radius 1 is 0.984 bits per heavy atom. The zero-order valence-corrected chi connectivity index (χ0v) is 34.7. The molecule has 330 valence electrons. The maximum absolute atomic E-state index is 14.3. The molecule has 7 aliphatic rings. The second kappa shape index (κ2) is 15.5. The van der Waals surface area contributed by atoms with Gasteiger partial charge in [0, 0.05) is 43.6 Å². The average molecular weight is 866 g/mol. The minimum atomic E-state index is -2.87. The van der Waals surface area contributed by atoms with E-state index in [1.807, 2.05) is 12.1 Å². The van der Waals surface area contributed by atoms with E-state index in [0.29, 0.717) is 29.4 Å². The fraction of sp³-hybridized carbons (Fsp3) is 0.545. The molecule has 2 saturated carbocycles. The van der Waals surface area contributed by atoms with Crippen LogP contribution in [0.5, 0.6) is 0 Å². The number of fused-ring (bicyclic) bond motifs is 4. The SMILES string of the molecule is O=C1CCC(N2C(=O)c3cccc(NC4CC5(CCN(C[C@H]6CC[C@H](n7cc(NC(=O)c8cnn9ccc(N%10C[C@H]%11C[C@@H]%10CO%11)nc89)c(C(F)F)n7)CC6)CC5)C4)c3C2=O)C(=O)N1. The summed E-state index contributed by atoms with van der Waals surface area (Å²) in [7, 11) is 0. The van der Waals surface area contributed by atoms with E-state index in [0.717, 1.165) is 94.7 Å². The lowest BCUT2D eigenvalue weighted by molar-refractivity contribution is -0.136. The highest BCUT2D eigenvalue weighted by atomic mass is 19.3. The Hall–Kier alpha value is -5.82. The van der Waals surface area contributed by atoms with Crippen molar-refractivity contribution in [2.45, 2.75) is 107 Å². The van der Waals surface area contributed by atoms with Crippen LogP contribution in [0.4, 0.5) is 26.0 Å². The molecular formula is C44H49F2N11O6. The van der Waals surface area contributed by atoms with Gasteiger partial charge in [0.2, 0.25) is 11.8 Å². The van der Waals surface area contributed by atoms with Crippen molar-refractivity contribution in [1.82, 2.24) is 39.5 Å². The second-order valence-corrected chi connectivity index (χ2v) is 18.7. The predicted molar refractivity (Wildman–Crippen MR) is 222 cm³/mol. The van der Waals surface area contributed by atoms with Gasteiger partial charge in [-0.1, -0.05) is 6.07 Å². The van der Waals surface area contributed by atoms with E-state index in [1.165, 1.54) is 10.7 Å². The van der Waals surface area contributed by atoms with Crippen LogP contribution in [0.25, 0.3) is 5.65 Å². The van der Waals surface area contributed by atoms with Crippen molar-refractivity contribution in [2.75, 3.05) is 48.3 Å². The summed E-state index contributed by atoms with van der Waals surface area (Å²) in [5.41, 5.74) is 1.47. The van der Waals surface area contributed by atoms with E-state index in [-0.39, 0.29) is 59.3 Å². The smallest absolute Gasteiger partial charge is 0.284 e. The van der Waals surface area contributed by atoms with Crippen LogP contribution in [0.1, 0.15) is 120 Å². The third kappa shape index (κ3) is 7.12. The highest BCUT2D eigenvalue weighted by Gasteiger charge is 2.49. The molecule has 17 nitrogen and oxygen atoms in total. The molecule has 6 fully saturated rings. The molecule has 5 amide bonds. The Kier molecular flexibility index (Phi) is 9.81. The quantitative estimate of drug-likeness (QED) is 0.189. The molecule has 1 unspecified atom stereocenters. The summed E-state index contributed by atoms with van der Waals surface area (Å²) >= 11 is 0. The van der Waals surface area contributed by atoms with Crippen LogP contribution in [0.15, 0.2) is 42.9 Å². The third-order valence-corrected chi connectivity index (χ3v) is 14.8. The van der Waals surface area contributed by atoms with Crippen molar-refractivity contribution >= 4 is 52.4 Å². The van der Waals surface area contributed by atoms with Crippen LogP contribution in [0.3, 0.4) is 0 Å². The summed E-state index contributed by atoms with van der Waals surface area (Å²) in [6.45, 7) is 4.36. The molecule has 19 heteroatoms. The lowest BCUT2D eigenvalue weighted by atomic mass is 9.60. The van der Waals surface area contributed by atoms with Gasteiger partial charge < -0.3 is 25.2 Å². The fourth-order valence-corrected chi connectivity index (χ4v) is 11.4. The number of nitrogens with one attached hydrogen (secondary N) is 3. The zero-order chi connectivity index (χ0) is 43.1. The molecule has 2 aliphatic carbocycles. The molecule has 63 heavy (non-hydrogen) atoms. The molecule has 11 rings (SSSR count). The number of imide groups is 2. The Morgan fingerprint density at radius 3 is 2.52 bits per heavy atom. The van der Waals surface area contributed by atoms with E-state index in [1.54, 1.807) is 29.2 Å². The number of morpholine rings is 1. The molecule has 3 atom stereocenters. The Labute approximate surface area is 360 Å². The van der Waals surface area contributed by atoms with Gasteiger partial charge in [0.25, 0.3) is 24.1 Å². The van der Waals surface area contributed by atoms with Gasteiger partial charge in [-0.3, -0.25) is 38.9 Å². The van der Waals surface area contributed by atoms with Gasteiger partial charge in [-0.2, -0.15) is 10.2 Å². The number of ether oxygens (including phenoxy) is 1. The second-order valence-electron chi connectivity index (χ2n) is 18.7. The Bertz CT molecular complexity index is 2520. The Balaban J connectivity index is 0.661. The van der Waals surface area contributed by atoms with E-state index in [4.69, 9.17) is 9.72 Å². The average Bonchev–Trinajstić information content (AvgIpc) is 4.11. The number of halogens is 2. The summed E-state index contributed by atoms with van der Waals surface area (Å²) in [5.74, 6) is -1.40. The normalized spacial score (nSPS) is 27.1. The van der Waals surface area contributed by atoms with Gasteiger partial charge in [0.15, 0.2) is 11.3 Å². The van der Waals surface area contributed by atoms with Crippen LogP contribution in [0, 0.1) is 11.3 Å². The standard InChI is InChI=1S/C44H49F2N11O6/c45-38(46)37-32(49-40(59)30-19-47-55-13-10-34(50-39(30)55)54-21-28-16-27(54)23-63-28)22-56(52-37)26-6-4-24(5-7-26)20-53-14-11-44(12-15-53)17-25(18-44)48-31-3-1-2-29-36(31)43(62)57(42(29)61)33-8-9-35(58)51-41(33)60/h1-3,10,13,19,22,24-28,33,38,48H,4-9,11-12,14-18,20-21,23H2,(H,49,59)(H,51,58,60)/t24-,26-,27-,28-,33?/m1/s1. The van der Waals surface area contributed by atoms with Crippen molar-refractivity contribution in [2.24, 2.45) is 11.3 Å². The summed E-state index contributed by atoms with van der Waals surface area (Å²) in [4.78, 5) is 75.1. The van der Waals surface area contributed by atoms with Gasteiger partial charge in [0.05, 0.1) is 47.8 Å². The highest BCUT2D eigenvalue weighted by molar-refractivity contribution is 6.25.